The summed E-state index contributed by atoms with van der Waals surface area (Å²) < 4.78 is 0. The molecule has 1 nitrogen and oxygen atoms in total. The van der Waals surface area contributed by atoms with Crippen LogP contribution in [0.3, 0.4) is 0 Å². The second-order valence-corrected chi connectivity index (χ2v) is 6.28. The lowest BCUT2D eigenvalue weighted by Gasteiger charge is -2.34. The predicted molar refractivity (Wildman–Crippen MR) is 76.6 cm³/mol. The van der Waals surface area contributed by atoms with Crippen LogP contribution < -0.4 is 0 Å². The molecule has 1 saturated carbocycles. The van der Waals surface area contributed by atoms with E-state index in [0.29, 0.717) is 5.92 Å². The standard InChI is InChI=1S/C17H26O/c1-12-4-7-15(8-5-12)11-17(18)16-9-6-13(2)14(3)10-16/h4-5,7-8,13-14,16-18H,6,9-11H2,1-3H3. The molecule has 1 fully saturated rings. The fourth-order valence-corrected chi connectivity index (χ4v) is 3.07. The summed E-state index contributed by atoms with van der Waals surface area (Å²) in [5, 5.41) is 10.4. The highest BCUT2D eigenvalue weighted by molar-refractivity contribution is 5.21. The Balaban J connectivity index is 1.91. The summed E-state index contributed by atoms with van der Waals surface area (Å²) >= 11 is 0. The van der Waals surface area contributed by atoms with Gasteiger partial charge in [-0.3, -0.25) is 0 Å². The highest BCUT2D eigenvalue weighted by Crippen LogP contribution is 2.35. The summed E-state index contributed by atoms with van der Waals surface area (Å²) in [5.74, 6) is 2.08. The first-order valence-corrected chi connectivity index (χ1v) is 7.30. The van der Waals surface area contributed by atoms with Crippen LogP contribution in [0.2, 0.25) is 0 Å². The molecule has 0 radical (unpaired) electrons. The Morgan fingerprint density at radius 3 is 2.39 bits per heavy atom. The van der Waals surface area contributed by atoms with Crippen molar-refractivity contribution in [2.24, 2.45) is 17.8 Å². The molecule has 2 rings (SSSR count). The van der Waals surface area contributed by atoms with Crippen LogP contribution in [0.15, 0.2) is 24.3 Å². The zero-order valence-corrected chi connectivity index (χ0v) is 11.9. The number of aliphatic hydroxyl groups is 1. The highest BCUT2D eigenvalue weighted by atomic mass is 16.3. The van der Waals surface area contributed by atoms with Crippen molar-refractivity contribution in [1.29, 1.82) is 0 Å². The van der Waals surface area contributed by atoms with Crippen molar-refractivity contribution in [3.63, 3.8) is 0 Å². The van der Waals surface area contributed by atoms with Gasteiger partial charge >= 0.3 is 0 Å². The van der Waals surface area contributed by atoms with Gasteiger partial charge in [0, 0.05) is 0 Å². The van der Waals surface area contributed by atoms with Gasteiger partial charge in [0.25, 0.3) is 0 Å². The molecule has 1 aromatic rings. The van der Waals surface area contributed by atoms with Gasteiger partial charge < -0.3 is 5.11 Å². The SMILES string of the molecule is Cc1ccc(CC(O)C2CCC(C)C(C)C2)cc1. The summed E-state index contributed by atoms with van der Waals surface area (Å²) in [6.07, 6.45) is 4.30. The van der Waals surface area contributed by atoms with Crippen LogP contribution in [-0.2, 0) is 6.42 Å². The van der Waals surface area contributed by atoms with E-state index in [1.54, 1.807) is 0 Å². The second-order valence-electron chi connectivity index (χ2n) is 6.28. The number of hydrogen-bond acceptors (Lipinski definition) is 1. The van der Waals surface area contributed by atoms with E-state index in [4.69, 9.17) is 0 Å². The first-order valence-electron chi connectivity index (χ1n) is 7.30. The maximum Gasteiger partial charge on any atom is 0.0608 e. The first kappa shape index (κ1) is 13.6. The number of hydrogen-bond donors (Lipinski definition) is 1. The van der Waals surface area contributed by atoms with Crippen molar-refractivity contribution in [1.82, 2.24) is 0 Å². The number of aliphatic hydroxyl groups excluding tert-OH is 1. The molecule has 4 unspecified atom stereocenters. The molecule has 0 bridgehead atoms. The molecule has 0 amide bonds. The van der Waals surface area contributed by atoms with E-state index in [9.17, 15) is 5.11 Å². The molecule has 0 heterocycles. The van der Waals surface area contributed by atoms with Crippen LogP contribution >= 0.6 is 0 Å². The molecule has 0 aliphatic heterocycles. The minimum absolute atomic E-state index is 0.164. The lowest BCUT2D eigenvalue weighted by atomic mass is 9.73. The Morgan fingerprint density at radius 2 is 1.78 bits per heavy atom. The van der Waals surface area contributed by atoms with E-state index >= 15 is 0 Å². The van der Waals surface area contributed by atoms with Gasteiger partial charge in [0.1, 0.15) is 0 Å². The lowest BCUT2D eigenvalue weighted by molar-refractivity contribution is 0.0570. The van der Waals surface area contributed by atoms with Gasteiger partial charge in [-0.25, -0.2) is 0 Å². The van der Waals surface area contributed by atoms with Crippen LogP contribution in [0.5, 0.6) is 0 Å². The molecule has 1 aromatic carbocycles. The predicted octanol–water partition coefficient (Wildman–Crippen LogP) is 3.97. The summed E-state index contributed by atoms with van der Waals surface area (Å²) in [7, 11) is 0. The van der Waals surface area contributed by atoms with Crippen LogP contribution in [0.25, 0.3) is 0 Å². The topological polar surface area (TPSA) is 20.2 Å². The van der Waals surface area contributed by atoms with E-state index in [0.717, 1.165) is 18.3 Å². The molecule has 1 N–H and O–H groups in total. The lowest BCUT2D eigenvalue weighted by Crippen LogP contribution is -2.30. The first-order chi connectivity index (χ1) is 8.56. The number of aryl methyl sites for hydroxylation is 1. The molecule has 4 atom stereocenters. The van der Waals surface area contributed by atoms with Crippen molar-refractivity contribution in [2.45, 2.75) is 52.6 Å². The van der Waals surface area contributed by atoms with Crippen molar-refractivity contribution >= 4 is 0 Å². The smallest absolute Gasteiger partial charge is 0.0608 e. The van der Waals surface area contributed by atoms with Crippen molar-refractivity contribution in [2.75, 3.05) is 0 Å². The average molecular weight is 246 g/mol. The minimum atomic E-state index is -0.164. The Hall–Kier alpha value is -0.820. The van der Waals surface area contributed by atoms with E-state index in [2.05, 4.69) is 45.0 Å². The Labute approximate surface area is 111 Å². The molecule has 1 aliphatic carbocycles. The largest absolute Gasteiger partial charge is 0.392 e. The third kappa shape index (κ3) is 3.35. The zero-order chi connectivity index (χ0) is 13.1. The monoisotopic (exact) mass is 246 g/mol. The summed E-state index contributed by atoms with van der Waals surface area (Å²) in [6, 6.07) is 8.56. The maximum absolute atomic E-state index is 10.4. The van der Waals surface area contributed by atoms with Crippen LogP contribution in [-0.4, -0.2) is 11.2 Å². The highest BCUT2D eigenvalue weighted by Gasteiger charge is 2.29. The maximum atomic E-state index is 10.4. The van der Waals surface area contributed by atoms with Gasteiger partial charge in [0.2, 0.25) is 0 Å². The molecule has 0 saturated heterocycles. The van der Waals surface area contributed by atoms with Crippen LogP contribution in [0.4, 0.5) is 0 Å². The van der Waals surface area contributed by atoms with Gasteiger partial charge in [0.15, 0.2) is 0 Å². The fourth-order valence-electron chi connectivity index (χ4n) is 3.07. The molecule has 1 heteroatoms. The fraction of sp³-hybridized carbons (Fsp3) is 0.647. The normalized spacial score (nSPS) is 30.1. The van der Waals surface area contributed by atoms with E-state index in [-0.39, 0.29) is 6.10 Å². The molecular weight excluding hydrogens is 220 g/mol. The number of benzene rings is 1. The Morgan fingerprint density at radius 1 is 1.11 bits per heavy atom. The van der Waals surface area contributed by atoms with Gasteiger partial charge in [0.05, 0.1) is 6.10 Å². The van der Waals surface area contributed by atoms with Gasteiger partial charge in [-0.1, -0.05) is 50.1 Å². The van der Waals surface area contributed by atoms with Crippen LogP contribution in [0, 0.1) is 24.7 Å². The van der Waals surface area contributed by atoms with Gasteiger partial charge in [-0.15, -0.1) is 0 Å². The average Bonchev–Trinajstić information content (AvgIpc) is 2.35. The third-order valence-electron chi connectivity index (χ3n) is 4.75. The van der Waals surface area contributed by atoms with Crippen LogP contribution in [0.1, 0.15) is 44.2 Å². The second kappa shape index (κ2) is 5.88. The number of rotatable bonds is 3. The molecule has 100 valence electrons. The summed E-state index contributed by atoms with van der Waals surface area (Å²) in [6.45, 7) is 6.77. The Bertz CT molecular complexity index is 368. The Kier molecular flexibility index (Phi) is 4.45. The molecule has 1 aliphatic rings. The third-order valence-corrected chi connectivity index (χ3v) is 4.75. The van der Waals surface area contributed by atoms with Gasteiger partial charge in [-0.2, -0.15) is 0 Å². The summed E-state index contributed by atoms with van der Waals surface area (Å²) in [5.41, 5.74) is 2.55. The molecule has 18 heavy (non-hydrogen) atoms. The summed E-state index contributed by atoms with van der Waals surface area (Å²) in [4.78, 5) is 0. The van der Waals surface area contributed by atoms with E-state index in [1.807, 2.05) is 0 Å². The van der Waals surface area contributed by atoms with Crippen molar-refractivity contribution in [3.05, 3.63) is 35.4 Å². The quantitative estimate of drug-likeness (QED) is 0.855. The van der Waals surface area contributed by atoms with Crippen molar-refractivity contribution < 1.29 is 5.11 Å². The molecule has 0 aromatic heterocycles. The minimum Gasteiger partial charge on any atom is -0.392 e. The van der Waals surface area contributed by atoms with Crippen molar-refractivity contribution in [3.8, 4) is 0 Å². The molecular formula is C17H26O. The van der Waals surface area contributed by atoms with E-state index < -0.39 is 0 Å². The molecule has 0 spiro atoms. The zero-order valence-electron chi connectivity index (χ0n) is 11.9. The van der Waals surface area contributed by atoms with E-state index in [1.165, 1.54) is 30.4 Å². The van der Waals surface area contributed by atoms with Gasteiger partial charge in [-0.05, 0) is 49.5 Å².